The summed E-state index contributed by atoms with van der Waals surface area (Å²) < 4.78 is 8.84. The molecular formula is C27H39N3O2Si. The third kappa shape index (κ3) is 5.33. The number of nitrogens with two attached hydrogens (primary N) is 1. The molecule has 0 spiro atoms. The molecule has 1 heterocycles. The third-order valence-electron chi connectivity index (χ3n) is 6.77. The van der Waals surface area contributed by atoms with E-state index >= 15 is 0 Å². The lowest BCUT2D eigenvalue weighted by Gasteiger charge is -2.42. The monoisotopic (exact) mass is 465 g/mol. The first-order chi connectivity index (χ1) is 15.7. The largest absolute Gasteiger partial charge is 0.416 e. The molecule has 0 aliphatic carbocycles. The average Bonchev–Trinajstić information content (AvgIpc) is 3.11. The summed E-state index contributed by atoms with van der Waals surface area (Å²) in [6, 6.07) is 17.3. The molecule has 3 rings (SSSR count). The summed E-state index contributed by atoms with van der Waals surface area (Å²) in [6.45, 7) is 15.3. The highest BCUT2D eigenvalue weighted by Crippen LogP contribution is 2.42. The van der Waals surface area contributed by atoms with E-state index in [2.05, 4.69) is 51.4 Å². The SMILES string of the molecule is CC(C)[Si](OCCCn1c(C(=O)Nc2ccccc2)cc2cc(N)ccc21)(C(C)C)C(C)C. The molecule has 1 aromatic heterocycles. The van der Waals surface area contributed by atoms with Gasteiger partial charge in [-0.3, -0.25) is 4.79 Å². The van der Waals surface area contributed by atoms with Gasteiger partial charge in [0, 0.05) is 35.4 Å². The number of carbonyl (C=O) groups is 1. The molecule has 3 N–H and O–H groups in total. The van der Waals surface area contributed by atoms with Gasteiger partial charge in [0.25, 0.3) is 5.91 Å². The van der Waals surface area contributed by atoms with Crippen LogP contribution in [0.25, 0.3) is 10.9 Å². The first-order valence-corrected chi connectivity index (χ1v) is 14.2. The number of fused-ring (bicyclic) bond motifs is 1. The summed E-state index contributed by atoms with van der Waals surface area (Å²) in [5.41, 5.74) is 10.8. The Labute approximate surface area is 199 Å². The Hall–Kier alpha value is -2.57. The van der Waals surface area contributed by atoms with Gasteiger partial charge in [0.15, 0.2) is 8.32 Å². The summed E-state index contributed by atoms with van der Waals surface area (Å²) in [4.78, 5) is 13.2. The zero-order valence-electron chi connectivity index (χ0n) is 20.9. The van der Waals surface area contributed by atoms with Gasteiger partial charge < -0.3 is 20.0 Å². The van der Waals surface area contributed by atoms with Crippen molar-refractivity contribution in [2.24, 2.45) is 0 Å². The third-order valence-corrected chi connectivity index (χ3v) is 12.9. The Kier molecular flexibility index (Phi) is 8.03. The molecule has 0 saturated carbocycles. The zero-order chi connectivity index (χ0) is 24.2. The normalized spacial score (nSPS) is 12.3. The summed E-state index contributed by atoms with van der Waals surface area (Å²) in [7, 11) is -1.90. The Morgan fingerprint density at radius 1 is 0.970 bits per heavy atom. The van der Waals surface area contributed by atoms with E-state index < -0.39 is 8.32 Å². The predicted molar refractivity (Wildman–Crippen MR) is 142 cm³/mol. The second-order valence-corrected chi connectivity index (χ2v) is 15.3. The van der Waals surface area contributed by atoms with Gasteiger partial charge in [-0.1, -0.05) is 59.7 Å². The number of benzene rings is 2. The van der Waals surface area contributed by atoms with Crippen LogP contribution in [0.3, 0.4) is 0 Å². The lowest BCUT2D eigenvalue weighted by Crippen LogP contribution is -2.48. The smallest absolute Gasteiger partial charge is 0.272 e. The number of nitrogen functional groups attached to an aromatic ring is 1. The lowest BCUT2D eigenvalue weighted by atomic mass is 10.2. The van der Waals surface area contributed by atoms with Crippen LogP contribution in [0, 0.1) is 0 Å². The van der Waals surface area contributed by atoms with Crippen molar-refractivity contribution in [1.82, 2.24) is 4.57 Å². The van der Waals surface area contributed by atoms with Gasteiger partial charge in [-0.2, -0.15) is 0 Å². The van der Waals surface area contributed by atoms with Gasteiger partial charge in [0.05, 0.1) is 0 Å². The van der Waals surface area contributed by atoms with Crippen molar-refractivity contribution in [3.63, 3.8) is 0 Å². The number of amides is 1. The predicted octanol–water partition coefficient (Wildman–Crippen LogP) is 7.06. The Morgan fingerprint density at radius 3 is 2.21 bits per heavy atom. The number of hydrogen-bond donors (Lipinski definition) is 2. The van der Waals surface area contributed by atoms with Crippen LogP contribution in [0.5, 0.6) is 0 Å². The highest BCUT2D eigenvalue weighted by atomic mass is 28.4. The summed E-state index contributed by atoms with van der Waals surface area (Å²) in [6.07, 6.45) is 0.848. The minimum absolute atomic E-state index is 0.118. The maximum absolute atomic E-state index is 13.2. The van der Waals surface area contributed by atoms with E-state index in [1.54, 1.807) is 0 Å². The molecule has 6 heteroatoms. The minimum Gasteiger partial charge on any atom is -0.416 e. The van der Waals surface area contributed by atoms with Crippen LogP contribution in [-0.2, 0) is 11.0 Å². The van der Waals surface area contributed by atoms with Crippen molar-refractivity contribution in [3.05, 3.63) is 60.3 Å². The van der Waals surface area contributed by atoms with E-state index in [0.29, 0.717) is 41.2 Å². The van der Waals surface area contributed by atoms with E-state index in [1.807, 2.05) is 54.6 Å². The van der Waals surface area contributed by atoms with Crippen LogP contribution < -0.4 is 11.1 Å². The molecule has 1 amide bonds. The molecule has 33 heavy (non-hydrogen) atoms. The van der Waals surface area contributed by atoms with E-state index in [4.69, 9.17) is 10.2 Å². The molecule has 0 atom stereocenters. The number of anilines is 2. The zero-order valence-corrected chi connectivity index (χ0v) is 21.9. The van der Waals surface area contributed by atoms with E-state index in [1.165, 1.54) is 0 Å². The van der Waals surface area contributed by atoms with Gasteiger partial charge in [0.2, 0.25) is 0 Å². The van der Waals surface area contributed by atoms with Crippen LogP contribution in [0.1, 0.15) is 58.5 Å². The maximum Gasteiger partial charge on any atom is 0.272 e. The molecule has 2 aromatic carbocycles. The van der Waals surface area contributed by atoms with Gasteiger partial charge in [-0.15, -0.1) is 0 Å². The van der Waals surface area contributed by atoms with Gasteiger partial charge in [-0.25, -0.2) is 0 Å². The molecule has 0 aliphatic rings. The first kappa shape index (κ1) is 25.1. The number of nitrogens with zero attached hydrogens (tertiary/aromatic N) is 1. The summed E-state index contributed by atoms with van der Waals surface area (Å²) >= 11 is 0. The summed E-state index contributed by atoms with van der Waals surface area (Å²) in [5, 5.41) is 3.99. The molecule has 178 valence electrons. The molecule has 0 unspecified atom stereocenters. The van der Waals surface area contributed by atoms with Crippen molar-refractivity contribution in [2.45, 2.75) is 71.1 Å². The van der Waals surface area contributed by atoms with E-state index in [0.717, 1.165) is 23.0 Å². The fourth-order valence-electron chi connectivity index (χ4n) is 5.41. The number of hydrogen-bond acceptors (Lipinski definition) is 3. The van der Waals surface area contributed by atoms with Crippen molar-refractivity contribution in [3.8, 4) is 0 Å². The second-order valence-electron chi connectivity index (χ2n) is 9.84. The fraction of sp³-hybridized carbons (Fsp3) is 0.444. The quantitative estimate of drug-likeness (QED) is 0.191. The van der Waals surface area contributed by atoms with Crippen molar-refractivity contribution < 1.29 is 9.22 Å². The van der Waals surface area contributed by atoms with Crippen molar-refractivity contribution in [2.75, 3.05) is 17.7 Å². The van der Waals surface area contributed by atoms with Crippen LogP contribution in [0.15, 0.2) is 54.6 Å². The molecule has 0 bridgehead atoms. The first-order valence-electron chi connectivity index (χ1n) is 12.1. The fourth-order valence-corrected chi connectivity index (χ4v) is 10.9. The standard InChI is InChI=1S/C27H39N3O2Si/c1-19(2)33(20(3)4,21(5)6)32-16-10-15-30-25-14-13-23(28)17-22(25)18-26(30)27(31)29-24-11-8-7-9-12-24/h7-9,11-14,17-21H,10,15-16,28H2,1-6H3,(H,29,31). The van der Waals surface area contributed by atoms with Crippen molar-refractivity contribution >= 4 is 36.5 Å². The Balaban J connectivity index is 1.82. The number of para-hydroxylation sites is 1. The Morgan fingerprint density at radius 2 is 1.61 bits per heavy atom. The highest BCUT2D eigenvalue weighted by molar-refractivity contribution is 6.77. The number of aromatic nitrogens is 1. The van der Waals surface area contributed by atoms with Crippen LogP contribution in [-0.4, -0.2) is 25.4 Å². The number of rotatable bonds is 10. The van der Waals surface area contributed by atoms with Gasteiger partial charge in [-0.05, 0) is 59.4 Å². The number of aryl methyl sites for hydroxylation is 1. The molecule has 5 nitrogen and oxygen atoms in total. The average molecular weight is 466 g/mol. The lowest BCUT2D eigenvalue weighted by molar-refractivity contribution is 0.101. The topological polar surface area (TPSA) is 69.3 Å². The molecule has 3 aromatic rings. The molecular weight excluding hydrogens is 426 g/mol. The molecule has 0 radical (unpaired) electrons. The molecule has 0 saturated heterocycles. The molecule has 0 aliphatic heterocycles. The van der Waals surface area contributed by atoms with Crippen molar-refractivity contribution in [1.29, 1.82) is 0 Å². The van der Waals surface area contributed by atoms with E-state index in [-0.39, 0.29) is 5.91 Å². The van der Waals surface area contributed by atoms with E-state index in [9.17, 15) is 4.79 Å². The van der Waals surface area contributed by atoms with Gasteiger partial charge >= 0.3 is 0 Å². The Bertz CT molecular complexity index is 1050. The molecule has 0 fully saturated rings. The summed E-state index contributed by atoms with van der Waals surface area (Å²) in [5.74, 6) is -0.118. The minimum atomic E-state index is -1.90. The van der Waals surface area contributed by atoms with Crippen LogP contribution in [0.2, 0.25) is 16.6 Å². The second kappa shape index (κ2) is 10.6. The van der Waals surface area contributed by atoms with Crippen LogP contribution in [0.4, 0.5) is 11.4 Å². The maximum atomic E-state index is 13.2. The number of nitrogens with one attached hydrogen (secondary N) is 1. The van der Waals surface area contributed by atoms with Crippen LogP contribution >= 0.6 is 0 Å². The highest BCUT2D eigenvalue weighted by Gasteiger charge is 2.44. The number of carbonyl (C=O) groups excluding carboxylic acids is 1. The van der Waals surface area contributed by atoms with Gasteiger partial charge in [0.1, 0.15) is 5.69 Å².